The Kier molecular flexibility index (Phi) is 23.5. The van der Waals surface area contributed by atoms with Crippen LogP contribution in [0, 0.1) is 6.92 Å². The zero-order valence-corrected chi connectivity index (χ0v) is 31.8. The predicted molar refractivity (Wildman–Crippen MR) is 216 cm³/mol. The molecule has 0 amide bonds. The average molecular weight is 673 g/mol. The van der Waals surface area contributed by atoms with Gasteiger partial charge < -0.3 is 32.4 Å². The van der Waals surface area contributed by atoms with E-state index in [4.69, 9.17) is 32.4 Å². The number of aryl methyl sites for hydroxylation is 1. The summed E-state index contributed by atoms with van der Waals surface area (Å²) in [5, 5.41) is 2.43. The molecule has 0 aliphatic heterocycles. The molecule has 0 aliphatic carbocycles. The minimum atomic E-state index is 0.464. The highest BCUT2D eigenvalue weighted by Gasteiger charge is 2.11. The van der Waals surface area contributed by atoms with E-state index < -0.39 is 0 Å². The SMILES string of the molecule is CC.CCC(C)c1cc(OCCCN)cc(-c2ccc3ccc(-c4cc(C)cc(OCCCN)c4)cc3c2)c1.CCCCN.CCCCN. The smallest absolute Gasteiger partial charge is 0.120 e. The summed E-state index contributed by atoms with van der Waals surface area (Å²) in [7, 11) is 0. The largest absolute Gasteiger partial charge is 0.494 e. The van der Waals surface area contributed by atoms with Crippen LogP contribution in [0.4, 0.5) is 0 Å². The van der Waals surface area contributed by atoms with Crippen LogP contribution in [0.5, 0.6) is 11.5 Å². The fourth-order valence-electron chi connectivity index (χ4n) is 4.95. The average Bonchev–Trinajstić information content (AvgIpc) is 3.13. The van der Waals surface area contributed by atoms with E-state index in [0.717, 1.165) is 49.4 Å². The molecule has 0 saturated heterocycles. The molecule has 6 heteroatoms. The van der Waals surface area contributed by atoms with Crippen molar-refractivity contribution in [3.8, 4) is 33.8 Å². The fraction of sp³-hybridized carbons (Fsp3) is 0.488. The van der Waals surface area contributed by atoms with Crippen molar-refractivity contribution >= 4 is 10.8 Å². The van der Waals surface area contributed by atoms with Gasteiger partial charge in [0.25, 0.3) is 0 Å². The Morgan fingerprint density at radius 3 is 1.43 bits per heavy atom. The summed E-state index contributed by atoms with van der Waals surface area (Å²) in [6, 6.07) is 26.4. The zero-order chi connectivity index (χ0) is 36.4. The van der Waals surface area contributed by atoms with Gasteiger partial charge in [-0.15, -0.1) is 0 Å². The molecule has 0 spiro atoms. The van der Waals surface area contributed by atoms with Gasteiger partial charge in [0.1, 0.15) is 11.5 Å². The summed E-state index contributed by atoms with van der Waals surface area (Å²) in [5.74, 6) is 2.27. The van der Waals surface area contributed by atoms with E-state index in [-0.39, 0.29) is 0 Å². The molecule has 0 aliphatic rings. The lowest BCUT2D eigenvalue weighted by atomic mass is 9.93. The van der Waals surface area contributed by atoms with Crippen molar-refractivity contribution in [2.24, 2.45) is 22.9 Å². The molecular formula is C43H68N4O2. The van der Waals surface area contributed by atoms with Gasteiger partial charge >= 0.3 is 0 Å². The molecule has 1 unspecified atom stereocenters. The van der Waals surface area contributed by atoms with Crippen molar-refractivity contribution < 1.29 is 9.47 Å². The fourth-order valence-corrected chi connectivity index (χ4v) is 4.95. The Balaban J connectivity index is 0.000000866. The summed E-state index contributed by atoms with van der Waals surface area (Å²) in [6.45, 7) is 19.1. The van der Waals surface area contributed by atoms with Crippen LogP contribution in [0.15, 0.2) is 72.8 Å². The van der Waals surface area contributed by atoms with Crippen LogP contribution in [0.25, 0.3) is 33.0 Å². The number of unbranched alkanes of at least 4 members (excludes halogenated alkanes) is 2. The minimum Gasteiger partial charge on any atom is -0.494 e. The third kappa shape index (κ3) is 16.2. The maximum atomic E-state index is 6.07. The standard InChI is InChI=1S/C33H40N2O2.2C4H11N.C2H6/c1-4-24(3)28-19-31(22-33(20-28)37-14-6-12-35)27-10-8-25-7-9-26(17-30(25)18-27)29-15-23(2)16-32(21-29)36-13-5-11-34;2*1-2-3-4-5;1-2/h7-10,15-22,24H,4-6,11-14,34-35H2,1-3H3;2*2-5H2,1H3;1-2H3. The lowest BCUT2D eigenvalue weighted by Crippen LogP contribution is -2.06. The monoisotopic (exact) mass is 673 g/mol. The number of benzene rings is 4. The Hall–Kier alpha value is -3.42. The van der Waals surface area contributed by atoms with Gasteiger partial charge in [0.05, 0.1) is 13.2 Å². The third-order valence-corrected chi connectivity index (χ3v) is 8.02. The van der Waals surface area contributed by atoms with E-state index in [9.17, 15) is 0 Å². The first-order valence-corrected chi connectivity index (χ1v) is 18.7. The number of ether oxygens (including phenoxy) is 2. The van der Waals surface area contributed by atoms with Gasteiger partial charge in [-0.25, -0.2) is 0 Å². The highest BCUT2D eigenvalue weighted by Crippen LogP contribution is 2.34. The molecule has 4 rings (SSSR count). The number of nitrogens with two attached hydrogens (primary N) is 4. The number of hydrogen-bond acceptors (Lipinski definition) is 6. The van der Waals surface area contributed by atoms with Gasteiger partial charge in [-0.2, -0.15) is 0 Å². The van der Waals surface area contributed by atoms with Crippen LogP contribution in [0.3, 0.4) is 0 Å². The second-order valence-electron chi connectivity index (χ2n) is 12.2. The summed E-state index contributed by atoms with van der Waals surface area (Å²) < 4.78 is 12.0. The highest BCUT2D eigenvalue weighted by molar-refractivity contribution is 5.91. The Labute approximate surface area is 298 Å². The maximum absolute atomic E-state index is 6.07. The normalized spacial score (nSPS) is 10.9. The van der Waals surface area contributed by atoms with E-state index in [1.165, 1.54) is 64.3 Å². The molecule has 0 bridgehead atoms. The van der Waals surface area contributed by atoms with E-state index in [1.54, 1.807) is 0 Å². The van der Waals surface area contributed by atoms with Gasteiger partial charge in [0.15, 0.2) is 0 Å². The summed E-state index contributed by atoms with van der Waals surface area (Å²) in [6.07, 6.45) is 7.55. The summed E-state index contributed by atoms with van der Waals surface area (Å²) in [5.41, 5.74) is 28.8. The van der Waals surface area contributed by atoms with E-state index >= 15 is 0 Å². The quantitative estimate of drug-likeness (QED) is 0.0879. The van der Waals surface area contributed by atoms with Gasteiger partial charge in [0.2, 0.25) is 0 Å². The lowest BCUT2D eigenvalue weighted by Gasteiger charge is -2.15. The number of rotatable bonds is 16. The van der Waals surface area contributed by atoms with E-state index in [0.29, 0.717) is 32.2 Å². The van der Waals surface area contributed by atoms with Crippen LogP contribution in [0.2, 0.25) is 0 Å². The molecule has 0 heterocycles. The Morgan fingerprint density at radius 2 is 1.00 bits per heavy atom. The molecule has 272 valence electrons. The van der Waals surface area contributed by atoms with Crippen LogP contribution in [-0.4, -0.2) is 39.4 Å². The summed E-state index contributed by atoms with van der Waals surface area (Å²) >= 11 is 0. The molecule has 49 heavy (non-hydrogen) atoms. The first-order valence-electron chi connectivity index (χ1n) is 18.7. The zero-order valence-electron chi connectivity index (χ0n) is 31.8. The van der Waals surface area contributed by atoms with Crippen LogP contribution < -0.4 is 32.4 Å². The van der Waals surface area contributed by atoms with Crippen molar-refractivity contribution in [2.45, 2.75) is 99.3 Å². The number of fused-ring (bicyclic) bond motifs is 1. The van der Waals surface area contributed by atoms with Gasteiger partial charge in [0, 0.05) is 0 Å². The first kappa shape index (κ1) is 43.6. The molecule has 8 N–H and O–H groups in total. The molecular weight excluding hydrogens is 604 g/mol. The van der Waals surface area contributed by atoms with Crippen LogP contribution in [0.1, 0.15) is 104 Å². The van der Waals surface area contributed by atoms with Crippen LogP contribution in [-0.2, 0) is 0 Å². The Morgan fingerprint density at radius 1 is 0.531 bits per heavy atom. The molecule has 0 radical (unpaired) electrons. The maximum Gasteiger partial charge on any atom is 0.120 e. The van der Waals surface area contributed by atoms with Gasteiger partial charge in [-0.05, 0) is 152 Å². The molecule has 4 aromatic carbocycles. The lowest BCUT2D eigenvalue weighted by molar-refractivity contribution is 0.313. The first-order chi connectivity index (χ1) is 23.8. The molecule has 0 aromatic heterocycles. The molecule has 6 nitrogen and oxygen atoms in total. The topological polar surface area (TPSA) is 123 Å². The molecule has 0 saturated carbocycles. The van der Waals surface area contributed by atoms with E-state index in [1.807, 2.05) is 13.8 Å². The van der Waals surface area contributed by atoms with Crippen molar-refractivity contribution in [1.29, 1.82) is 0 Å². The molecule has 1 atom stereocenters. The van der Waals surface area contributed by atoms with Crippen molar-refractivity contribution in [3.05, 3.63) is 83.9 Å². The van der Waals surface area contributed by atoms with Crippen molar-refractivity contribution in [3.63, 3.8) is 0 Å². The van der Waals surface area contributed by atoms with Gasteiger partial charge in [-0.3, -0.25) is 0 Å². The highest BCUT2D eigenvalue weighted by atomic mass is 16.5. The van der Waals surface area contributed by atoms with Crippen molar-refractivity contribution in [1.82, 2.24) is 0 Å². The Bertz CT molecular complexity index is 1430. The van der Waals surface area contributed by atoms with Crippen LogP contribution >= 0.6 is 0 Å². The predicted octanol–water partition coefficient (Wildman–Crippen LogP) is 9.97. The molecule has 4 aromatic rings. The van der Waals surface area contributed by atoms with Gasteiger partial charge in [-0.1, -0.05) is 90.8 Å². The van der Waals surface area contributed by atoms with Crippen molar-refractivity contribution in [2.75, 3.05) is 39.4 Å². The number of hydrogen-bond donors (Lipinski definition) is 4. The van der Waals surface area contributed by atoms with E-state index in [2.05, 4.69) is 107 Å². The summed E-state index contributed by atoms with van der Waals surface area (Å²) in [4.78, 5) is 0. The molecule has 0 fully saturated rings. The second kappa shape index (κ2) is 26.4. The third-order valence-electron chi connectivity index (χ3n) is 8.02. The second-order valence-corrected chi connectivity index (χ2v) is 12.2. The minimum absolute atomic E-state index is 0.464.